The molecule has 1 unspecified atom stereocenters. The van der Waals surface area contributed by atoms with Gasteiger partial charge in [-0.1, -0.05) is 43.7 Å². The van der Waals surface area contributed by atoms with Crippen LogP contribution < -0.4 is 0 Å². The number of Topliss-reactive ketones (excluding diaryl/α,β-unsaturated/α-hetero) is 1. The number of hydrogen-bond donors (Lipinski definition) is 1. The van der Waals surface area contributed by atoms with Crippen LogP contribution in [-0.2, 0) is 0 Å². The molecule has 0 aromatic heterocycles. The van der Waals surface area contributed by atoms with Gasteiger partial charge in [-0.3, -0.25) is 4.79 Å². The monoisotopic (exact) mass is 203 g/mol. The van der Waals surface area contributed by atoms with E-state index < -0.39 is 0 Å². The highest BCUT2D eigenvalue weighted by atomic mass is 16.1. The quantitative estimate of drug-likeness (QED) is 0.578. The number of carbonyl (C=O) groups excluding carboxylic acids is 1. The molecule has 80 valence electrons. The molecule has 0 aliphatic rings. The second kappa shape index (κ2) is 5.44. The molecule has 0 radical (unpaired) electrons. The lowest BCUT2D eigenvalue weighted by Gasteiger charge is -2.13. The lowest BCUT2D eigenvalue weighted by Crippen LogP contribution is -2.21. The summed E-state index contributed by atoms with van der Waals surface area (Å²) in [6.45, 7) is 3.75. The van der Waals surface area contributed by atoms with Crippen LogP contribution in [0.15, 0.2) is 30.3 Å². The largest absolute Gasteiger partial charge is 0.309 e. The van der Waals surface area contributed by atoms with Gasteiger partial charge in [-0.25, -0.2) is 0 Å². The zero-order valence-corrected chi connectivity index (χ0v) is 9.29. The molecule has 0 saturated heterocycles. The van der Waals surface area contributed by atoms with Gasteiger partial charge in [0, 0.05) is 11.3 Å². The standard InChI is InChI=1S/C13H17NO/c1-3-7-12(10(2)14)13(15)11-8-5-4-6-9-11/h4-6,8-9,12,14H,3,7H2,1-2H3. The van der Waals surface area contributed by atoms with Crippen LogP contribution in [0.1, 0.15) is 37.0 Å². The maximum atomic E-state index is 12.0. The van der Waals surface area contributed by atoms with Crippen LogP contribution in [-0.4, -0.2) is 11.5 Å². The summed E-state index contributed by atoms with van der Waals surface area (Å²) in [5.74, 6) is -0.164. The molecule has 1 aromatic rings. The van der Waals surface area contributed by atoms with Gasteiger partial charge in [-0.2, -0.15) is 0 Å². The van der Waals surface area contributed by atoms with E-state index >= 15 is 0 Å². The molecule has 1 aromatic carbocycles. The number of hydrogen-bond acceptors (Lipinski definition) is 2. The number of rotatable bonds is 5. The van der Waals surface area contributed by atoms with Gasteiger partial charge >= 0.3 is 0 Å². The van der Waals surface area contributed by atoms with Crippen molar-refractivity contribution < 1.29 is 4.79 Å². The van der Waals surface area contributed by atoms with E-state index in [1.165, 1.54) is 0 Å². The molecule has 0 spiro atoms. The van der Waals surface area contributed by atoms with Gasteiger partial charge in [-0.15, -0.1) is 0 Å². The van der Waals surface area contributed by atoms with Gasteiger partial charge < -0.3 is 5.41 Å². The first-order valence-corrected chi connectivity index (χ1v) is 5.31. The lowest BCUT2D eigenvalue weighted by molar-refractivity contribution is 0.0949. The van der Waals surface area contributed by atoms with Crippen LogP contribution in [0.5, 0.6) is 0 Å². The van der Waals surface area contributed by atoms with E-state index in [1.54, 1.807) is 6.92 Å². The van der Waals surface area contributed by atoms with Crippen LogP contribution in [0.4, 0.5) is 0 Å². The van der Waals surface area contributed by atoms with Crippen molar-refractivity contribution in [2.24, 2.45) is 5.92 Å². The SMILES string of the molecule is CCCC(C(C)=N)C(=O)c1ccccc1. The third-order valence-corrected chi connectivity index (χ3v) is 2.47. The summed E-state index contributed by atoms with van der Waals surface area (Å²) in [6, 6.07) is 9.23. The van der Waals surface area contributed by atoms with Gasteiger partial charge in [0.05, 0.1) is 5.92 Å². The molecule has 15 heavy (non-hydrogen) atoms. The predicted octanol–water partition coefficient (Wildman–Crippen LogP) is 3.33. The van der Waals surface area contributed by atoms with Gasteiger partial charge in [0.25, 0.3) is 0 Å². The van der Waals surface area contributed by atoms with Gasteiger partial charge in [0.2, 0.25) is 0 Å². The third kappa shape index (κ3) is 3.01. The Labute approximate surface area is 90.8 Å². The Hall–Kier alpha value is -1.44. The van der Waals surface area contributed by atoms with E-state index in [1.807, 2.05) is 37.3 Å². The van der Waals surface area contributed by atoms with Gasteiger partial charge in [0.1, 0.15) is 0 Å². The molecule has 0 aliphatic heterocycles. The van der Waals surface area contributed by atoms with Crippen LogP contribution in [0.25, 0.3) is 0 Å². The molecule has 2 nitrogen and oxygen atoms in total. The summed E-state index contributed by atoms with van der Waals surface area (Å²) in [5, 5.41) is 7.61. The molecule has 1 rings (SSSR count). The van der Waals surface area contributed by atoms with E-state index in [4.69, 9.17) is 5.41 Å². The van der Waals surface area contributed by atoms with Crippen molar-refractivity contribution in [2.45, 2.75) is 26.7 Å². The molecular weight excluding hydrogens is 186 g/mol. The minimum atomic E-state index is -0.239. The Kier molecular flexibility index (Phi) is 4.22. The Balaban J connectivity index is 2.86. The number of benzene rings is 1. The molecule has 0 fully saturated rings. The minimum absolute atomic E-state index is 0.0740. The van der Waals surface area contributed by atoms with Crippen molar-refractivity contribution in [1.29, 1.82) is 5.41 Å². The average molecular weight is 203 g/mol. The van der Waals surface area contributed by atoms with Crippen molar-refractivity contribution in [1.82, 2.24) is 0 Å². The molecule has 0 heterocycles. The number of ketones is 1. The molecular formula is C13H17NO. The first-order chi connectivity index (χ1) is 7.16. The molecule has 0 aliphatic carbocycles. The number of nitrogens with one attached hydrogen (secondary N) is 1. The smallest absolute Gasteiger partial charge is 0.171 e. The summed E-state index contributed by atoms with van der Waals surface area (Å²) < 4.78 is 0. The van der Waals surface area contributed by atoms with Crippen LogP contribution in [0, 0.1) is 11.3 Å². The summed E-state index contributed by atoms with van der Waals surface area (Å²) in [5.41, 5.74) is 1.17. The fourth-order valence-corrected chi connectivity index (χ4v) is 1.64. The van der Waals surface area contributed by atoms with E-state index in [-0.39, 0.29) is 11.7 Å². The van der Waals surface area contributed by atoms with E-state index in [2.05, 4.69) is 0 Å². The Morgan fingerprint density at radius 1 is 1.33 bits per heavy atom. The highest BCUT2D eigenvalue weighted by molar-refractivity contribution is 6.10. The predicted molar refractivity (Wildman–Crippen MR) is 62.6 cm³/mol. The van der Waals surface area contributed by atoms with E-state index in [0.29, 0.717) is 11.3 Å². The zero-order valence-electron chi connectivity index (χ0n) is 9.29. The fourth-order valence-electron chi connectivity index (χ4n) is 1.64. The minimum Gasteiger partial charge on any atom is -0.309 e. The van der Waals surface area contributed by atoms with Crippen molar-refractivity contribution in [3.63, 3.8) is 0 Å². The second-order valence-electron chi connectivity index (χ2n) is 3.75. The second-order valence-corrected chi connectivity index (χ2v) is 3.75. The molecule has 1 atom stereocenters. The van der Waals surface area contributed by atoms with Crippen molar-refractivity contribution >= 4 is 11.5 Å². The van der Waals surface area contributed by atoms with Gasteiger partial charge in [0.15, 0.2) is 5.78 Å². The Morgan fingerprint density at radius 3 is 2.40 bits per heavy atom. The first kappa shape index (κ1) is 11.6. The summed E-state index contributed by atoms with van der Waals surface area (Å²) >= 11 is 0. The van der Waals surface area contributed by atoms with E-state index in [0.717, 1.165) is 12.8 Å². The van der Waals surface area contributed by atoms with Crippen LogP contribution in [0.2, 0.25) is 0 Å². The Bertz CT molecular complexity index is 343. The van der Waals surface area contributed by atoms with Crippen LogP contribution >= 0.6 is 0 Å². The maximum Gasteiger partial charge on any atom is 0.171 e. The van der Waals surface area contributed by atoms with Crippen molar-refractivity contribution in [3.05, 3.63) is 35.9 Å². The van der Waals surface area contributed by atoms with Crippen molar-refractivity contribution in [3.8, 4) is 0 Å². The molecule has 0 amide bonds. The summed E-state index contributed by atoms with van der Waals surface area (Å²) in [6.07, 6.45) is 1.70. The molecule has 2 heteroatoms. The molecule has 0 saturated carbocycles. The third-order valence-electron chi connectivity index (χ3n) is 2.47. The van der Waals surface area contributed by atoms with Crippen LogP contribution in [0.3, 0.4) is 0 Å². The topological polar surface area (TPSA) is 40.9 Å². The average Bonchev–Trinajstić information content (AvgIpc) is 2.26. The normalized spacial score (nSPS) is 12.1. The first-order valence-electron chi connectivity index (χ1n) is 5.31. The van der Waals surface area contributed by atoms with Gasteiger partial charge in [-0.05, 0) is 13.3 Å². The lowest BCUT2D eigenvalue weighted by atomic mass is 9.90. The highest BCUT2D eigenvalue weighted by Gasteiger charge is 2.20. The van der Waals surface area contributed by atoms with Crippen molar-refractivity contribution in [2.75, 3.05) is 0 Å². The zero-order chi connectivity index (χ0) is 11.3. The maximum absolute atomic E-state index is 12.0. The molecule has 0 bridgehead atoms. The van der Waals surface area contributed by atoms with E-state index in [9.17, 15) is 4.79 Å². The fraction of sp³-hybridized carbons (Fsp3) is 0.385. The summed E-state index contributed by atoms with van der Waals surface area (Å²) in [7, 11) is 0. The molecule has 1 N–H and O–H groups in total. The Morgan fingerprint density at radius 2 is 1.93 bits per heavy atom. The number of carbonyl (C=O) groups is 1. The summed E-state index contributed by atoms with van der Waals surface area (Å²) in [4.78, 5) is 12.0. The highest BCUT2D eigenvalue weighted by Crippen LogP contribution is 2.15.